The first kappa shape index (κ1) is 11.7. The molecule has 0 spiro atoms. The summed E-state index contributed by atoms with van der Waals surface area (Å²) in [5.74, 6) is -0.500. The molecule has 0 heterocycles. The lowest BCUT2D eigenvalue weighted by Crippen LogP contribution is -2.18. The molecule has 1 rings (SSSR count). The Bertz CT molecular complexity index is 415. The van der Waals surface area contributed by atoms with Crippen LogP contribution in [0.2, 0.25) is 0 Å². The number of hydrogen-bond donors (Lipinski definition) is 0. The number of alkyl halides is 3. The Balaban J connectivity index is 3.13. The minimum atomic E-state index is -4.79. The van der Waals surface area contributed by atoms with Gasteiger partial charge in [0.05, 0.1) is 5.16 Å². The molecule has 0 fully saturated rings. The van der Waals surface area contributed by atoms with Crippen LogP contribution in [0.4, 0.5) is 18.9 Å². The van der Waals surface area contributed by atoms with Gasteiger partial charge in [-0.05, 0) is 24.4 Å². The molecule has 0 amide bonds. The summed E-state index contributed by atoms with van der Waals surface area (Å²) in [7, 11) is 5.31. The fourth-order valence-electron chi connectivity index (χ4n) is 0.879. The molecular formula is C8H3BF3NOS. The summed E-state index contributed by atoms with van der Waals surface area (Å²) in [4.78, 5) is 3.42. The molecule has 2 radical (unpaired) electrons. The highest BCUT2D eigenvalue weighted by molar-refractivity contribution is 7.78. The van der Waals surface area contributed by atoms with Gasteiger partial charge in [0.2, 0.25) is 0 Å². The van der Waals surface area contributed by atoms with E-state index in [4.69, 9.17) is 7.85 Å². The Morgan fingerprint density at radius 2 is 2.07 bits per heavy atom. The summed E-state index contributed by atoms with van der Waals surface area (Å²) < 4.78 is 39.5. The van der Waals surface area contributed by atoms with Gasteiger partial charge in [0, 0.05) is 0 Å². The molecule has 0 atom stereocenters. The predicted octanol–water partition coefficient (Wildman–Crippen LogP) is 2.11. The highest BCUT2D eigenvalue weighted by Crippen LogP contribution is 2.30. The number of nitrogens with zero attached hydrogens (tertiary/aromatic N) is 1. The largest absolute Gasteiger partial charge is 0.573 e. The Morgan fingerprint density at radius 3 is 2.60 bits per heavy atom. The molecule has 0 aromatic heterocycles. The molecule has 0 aliphatic heterocycles. The van der Waals surface area contributed by atoms with E-state index in [9.17, 15) is 13.2 Å². The van der Waals surface area contributed by atoms with Gasteiger partial charge in [-0.3, -0.25) is 0 Å². The van der Waals surface area contributed by atoms with E-state index in [1.54, 1.807) is 0 Å². The molecule has 0 N–H and O–H groups in total. The number of halogens is 3. The van der Waals surface area contributed by atoms with E-state index in [-0.39, 0.29) is 11.2 Å². The van der Waals surface area contributed by atoms with Gasteiger partial charge in [-0.25, -0.2) is 0 Å². The Hall–Kier alpha value is -1.33. The molecule has 1 aromatic carbocycles. The molecule has 0 saturated carbocycles. The third-order valence-electron chi connectivity index (χ3n) is 1.38. The molecule has 2 nitrogen and oxygen atoms in total. The van der Waals surface area contributed by atoms with E-state index in [1.807, 2.05) is 5.16 Å². The van der Waals surface area contributed by atoms with E-state index in [1.165, 1.54) is 12.1 Å². The van der Waals surface area contributed by atoms with E-state index in [0.717, 1.165) is 6.07 Å². The molecule has 7 heteroatoms. The lowest BCUT2D eigenvalue weighted by molar-refractivity contribution is -0.274. The fraction of sp³-hybridized carbons (Fsp3) is 0.125. The average Bonchev–Trinajstić information content (AvgIpc) is 2.07. The van der Waals surface area contributed by atoms with Crippen molar-refractivity contribution in [1.82, 2.24) is 0 Å². The second kappa shape index (κ2) is 4.46. The first-order valence-corrected chi connectivity index (χ1v) is 4.06. The molecule has 0 aliphatic carbocycles. The van der Waals surface area contributed by atoms with Crippen molar-refractivity contribution in [1.29, 1.82) is 0 Å². The number of hydrogen-bond acceptors (Lipinski definition) is 3. The zero-order valence-electron chi connectivity index (χ0n) is 7.21. The molecule has 0 aliphatic rings. The van der Waals surface area contributed by atoms with Crippen LogP contribution in [0.1, 0.15) is 0 Å². The van der Waals surface area contributed by atoms with Crippen LogP contribution in [0.3, 0.4) is 0 Å². The molecule has 0 bridgehead atoms. The Kier molecular flexibility index (Phi) is 3.50. The SMILES string of the molecule is [B]c1ccc(N=C=S)c(OC(F)(F)F)c1. The number of benzene rings is 1. The van der Waals surface area contributed by atoms with Crippen LogP contribution in [0.5, 0.6) is 5.75 Å². The van der Waals surface area contributed by atoms with Gasteiger partial charge in [-0.2, -0.15) is 4.99 Å². The Labute approximate surface area is 90.2 Å². The summed E-state index contributed by atoms with van der Waals surface area (Å²) in [6, 6.07) is 3.66. The topological polar surface area (TPSA) is 21.6 Å². The quantitative estimate of drug-likeness (QED) is 0.440. The van der Waals surface area contributed by atoms with Crippen molar-refractivity contribution in [3.8, 4) is 5.75 Å². The van der Waals surface area contributed by atoms with Crippen LogP contribution in [0.25, 0.3) is 0 Å². The van der Waals surface area contributed by atoms with E-state index in [2.05, 4.69) is 21.9 Å². The summed E-state index contributed by atoms with van der Waals surface area (Å²) in [5, 5.41) is 1.95. The van der Waals surface area contributed by atoms with Gasteiger partial charge < -0.3 is 4.74 Å². The lowest BCUT2D eigenvalue weighted by atomic mass is 9.96. The monoisotopic (exact) mass is 229 g/mol. The van der Waals surface area contributed by atoms with Crippen LogP contribution >= 0.6 is 12.2 Å². The molecular weight excluding hydrogens is 226 g/mol. The molecule has 0 unspecified atom stereocenters. The molecule has 76 valence electrons. The minimum Gasteiger partial charge on any atom is -0.403 e. The van der Waals surface area contributed by atoms with E-state index >= 15 is 0 Å². The first-order valence-electron chi connectivity index (χ1n) is 3.65. The Morgan fingerprint density at radius 1 is 1.40 bits per heavy atom. The van der Waals surface area contributed by atoms with Crippen molar-refractivity contribution < 1.29 is 17.9 Å². The van der Waals surface area contributed by atoms with Crippen molar-refractivity contribution in [2.24, 2.45) is 4.99 Å². The normalized spacial score (nSPS) is 10.6. The smallest absolute Gasteiger partial charge is 0.403 e. The van der Waals surface area contributed by atoms with Crippen LogP contribution < -0.4 is 10.2 Å². The summed E-state index contributed by atoms with van der Waals surface area (Å²) in [5.41, 5.74) is 0.0640. The van der Waals surface area contributed by atoms with Crippen LogP contribution in [-0.2, 0) is 0 Å². The maximum atomic E-state index is 11.9. The maximum Gasteiger partial charge on any atom is 0.573 e. The average molecular weight is 229 g/mol. The summed E-state index contributed by atoms with van der Waals surface area (Å²) in [6.07, 6.45) is -4.79. The second-order valence-electron chi connectivity index (χ2n) is 2.48. The van der Waals surface area contributed by atoms with Crippen molar-refractivity contribution in [2.45, 2.75) is 6.36 Å². The minimum absolute atomic E-state index is 0.0727. The molecule has 1 aromatic rings. The van der Waals surface area contributed by atoms with Crippen molar-refractivity contribution >= 4 is 36.4 Å². The highest BCUT2D eigenvalue weighted by Gasteiger charge is 2.32. The maximum absolute atomic E-state index is 11.9. The first-order chi connectivity index (χ1) is 6.92. The number of ether oxygens (including phenoxy) is 1. The third-order valence-corrected chi connectivity index (χ3v) is 1.47. The number of rotatable bonds is 2. The predicted molar refractivity (Wildman–Crippen MR) is 53.2 cm³/mol. The van der Waals surface area contributed by atoms with Gasteiger partial charge >= 0.3 is 6.36 Å². The van der Waals surface area contributed by atoms with Crippen molar-refractivity contribution in [3.05, 3.63) is 18.2 Å². The second-order valence-corrected chi connectivity index (χ2v) is 2.66. The number of thiocarbonyl (C=S) groups is 1. The highest BCUT2D eigenvalue weighted by atomic mass is 32.1. The van der Waals surface area contributed by atoms with Gasteiger partial charge in [-0.15, -0.1) is 13.2 Å². The van der Waals surface area contributed by atoms with Crippen molar-refractivity contribution in [3.63, 3.8) is 0 Å². The van der Waals surface area contributed by atoms with Crippen LogP contribution in [0, 0.1) is 0 Å². The molecule has 0 saturated heterocycles. The fourth-order valence-corrected chi connectivity index (χ4v) is 0.977. The lowest BCUT2D eigenvalue weighted by Gasteiger charge is -2.10. The van der Waals surface area contributed by atoms with Crippen molar-refractivity contribution in [2.75, 3.05) is 0 Å². The van der Waals surface area contributed by atoms with Gasteiger partial charge in [0.15, 0.2) is 5.75 Å². The standard InChI is InChI=1S/C8H3BF3NOS/c9-5-1-2-6(13-4-15)7(3-5)14-8(10,11)12/h1-3H. The van der Waals surface area contributed by atoms with Gasteiger partial charge in [0.25, 0.3) is 0 Å². The third kappa shape index (κ3) is 3.73. The van der Waals surface area contributed by atoms with Crippen LogP contribution in [-0.4, -0.2) is 19.4 Å². The molecule has 15 heavy (non-hydrogen) atoms. The zero-order chi connectivity index (χ0) is 11.5. The zero-order valence-corrected chi connectivity index (χ0v) is 8.02. The summed E-state index contributed by atoms with van der Waals surface area (Å²) in [6.45, 7) is 0. The van der Waals surface area contributed by atoms with Crippen LogP contribution in [0.15, 0.2) is 23.2 Å². The van der Waals surface area contributed by atoms with Gasteiger partial charge in [0.1, 0.15) is 13.5 Å². The number of isothiocyanates is 1. The van der Waals surface area contributed by atoms with Gasteiger partial charge in [-0.1, -0.05) is 11.5 Å². The summed E-state index contributed by atoms with van der Waals surface area (Å²) >= 11 is 4.28. The van der Waals surface area contributed by atoms with E-state index < -0.39 is 12.1 Å². The number of aliphatic imine (C=N–C) groups is 1. The van der Waals surface area contributed by atoms with E-state index in [0.29, 0.717) is 0 Å².